The Morgan fingerprint density at radius 2 is 1.79 bits per heavy atom. The number of anilines is 1. The molecule has 2 aliphatic rings. The average molecular weight is 581 g/mol. The Labute approximate surface area is 247 Å². The second-order valence-corrected chi connectivity index (χ2v) is 10.7. The van der Waals surface area contributed by atoms with Crippen LogP contribution in [0.5, 0.6) is 17.2 Å². The molecule has 0 radical (unpaired) electrons. The van der Waals surface area contributed by atoms with Crippen molar-refractivity contribution in [3.05, 3.63) is 83.7 Å². The molecule has 1 fully saturated rings. The Kier molecular flexibility index (Phi) is 10.9. The van der Waals surface area contributed by atoms with Crippen LogP contribution in [0.4, 0.5) is 10.1 Å². The van der Waals surface area contributed by atoms with Crippen LogP contribution in [0.2, 0.25) is 0 Å². The minimum atomic E-state index is -0.566. The van der Waals surface area contributed by atoms with E-state index in [1.165, 1.54) is 12.1 Å². The van der Waals surface area contributed by atoms with Gasteiger partial charge in [0.1, 0.15) is 29.7 Å². The maximum atomic E-state index is 13.3. The summed E-state index contributed by atoms with van der Waals surface area (Å²) < 4.78 is 42.3. The third-order valence-corrected chi connectivity index (χ3v) is 7.62. The first-order valence-corrected chi connectivity index (χ1v) is 14.7. The maximum Gasteiger partial charge on any atom is 0.142 e. The predicted octanol–water partition coefficient (Wildman–Crippen LogP) is 4.54. The topological polar surface area (TPSA) is 81.7 Å². The minimum Gasteiger partial charge on any atom is -0.493 e. The zero-order valence-corrected chi connectivity index (χ0v) is 24.2. The van der Waals surface area contributed by atoms with E-state index in [2.05, 4.69) is 22.3 Å². The second kappa shape index (κ2) is 15.2. The van der Waals surface area contributed by atoms with E-state index in [-0.39, 0.29) is 17.8 Å². The molecule has 0 aliphatic carbocycles. The lowest BCUT2D eigenvalue weighted by Gasteiger charge is -2.36. The molecule has 1 saturated heterocycles. The quantitative estimate of drug-likeness (QED) is 0.269. The van der Waals surface area contributed by atoms with Crippen LogP contribution in [0.15, 0.2) is 66.7 Å². The van der Waals surface area contributed by atoms with Crippen LogP contribution in [-0.2, 0) is 16.1 Å². The van der Waals surface area contributed by atoms with Gasteiger partial charge in [-0.05, 0) is 53.9 Å². The van der Waals surface area contributed by atoms with Gasteiger partial charge < -0.3 is 39.0 Å². The number of hydrogen-bond donors (Lipinski definition) is 2. The molecule has 0 aromatic heterocycles. The lowest BCUT2D eigenvalue weighted by atomic mass is 9.85. The molecule has 2 heterocycles. The van der Waals surface area contributed by atoms with Crippen molar-refractivity contribution in [1.82, 2.24) is 5.32 Å². The van der Waals surface area contributed by atoms with E-state index in [4.69, 9.17) is 23.7 Å². The van der Waals surface area contributed by atoms with Crippen molar-refractivity contribution in [2.45, 2.75) is 37.6 Å². The fourth-order valence-electron chi connectivity index (χ4n) is 5.50. The van der Waals surface area contributed by atoms with Gasteiger partial charge in [-0.1, -0.05) is 24.3 Å². The molecule has 0 bridgehead atoms. The number of aliphatic hydroxyl groups is 1. The van der Waals surface area contributed by atoms with Crippen LogP contribution in [0.25, 0.3) is 0 Å². The summed E-state index contributed by atoms with van der Waals surface area (Å²) in [6.45, 7) is 5.70. The number of halogens is 1. The van der Waals surface area contributed by atoms with Crippen molar-refractivity contribution < 1.29 is 33.2 Å². The van der Waals surface area contributed by atoms with E-state index >= 15 is 0 Å². The van der Waals surface area contributed by atoms with E-state index in [0.29, 0.717) is 51.7 Å². The number of nitrogens with one attached hydrogen (secondary N) is 1. The molecule has 3 atom stereocenters. The largest absolute Gasteiger partial charge is 0.493 e. The van der Waals surface area contributed by atoms with Gasteiger partial charge in [0, 0.05) is 51.8 Å². The molecule has 42 heavy (non-hydrogen) atoms. The fraction of sp³-hybridized carbons (Fsp3) is 0.455. The number of fused-ring (bicyclic) bond motifs is 1. The Morgan fingerprint density at radius 3 is 2.60 bits per heavy atom. The number of benzene rings is 3. The highest BCUT2D eigenvalue weighted by molar-refractivity contribution is 5.61. The van der Waals surface area contributed by atoms with Crippen LogP contribution in [0, 0.1) is 5.82 Å². The molecule has 5 rings (SSSR count). The first kappa shape index (κ1) is 30.1. The molecular formula is C33H41FN2O6. The monoisotopic (exact) mass is 580 g/mol. The zero-order chi connectivity index (χ0) is 29.1. The molecule has 3 aromatic carbocycles. The van der Waals surface area contributed by atoms with Gasteiger partial charge in [0.25, 0.3) is 0 Å². The molecule has 8 nitrogen and oxygen atoms in total. The van der Waals surface area contributed by atoms with Gasteiger partial charge in [0.05, 0.1) is 44.3 Å². The van der Waals surface area contributed by atoms with Gasteiger partial charge in [0.2, 0.25) is 0 Å². The molecule has 9 heteroatoms. The summed E-state index contributed by atoms with van der Waals surface area (Å²) in [6, 6.07) is 20.2. The molecule has 226 valence electrons. The summed E-state index contributed by atoms with van der Waals surface area (Å²) in [5.41, 5.74) is 3.17. The van der Waals surface area contributed by atoms with Crippen molar-refractivity contribution in [2.24, 2.45) is 0 Å². The van der Waals surface area contributed by atoms with Crippen LogP contribution in [0.1, 0.15) is 29.9 Å². The van der Waals surface area contributed by atoms with E-state index < -0.39 is 6.10 Å². The molecular weight excluding hydrogens is 539 g/mol. The number of aliphatic hydroxyl groups excluding tert-OH is 1. The third-order valence-electron chi connectivity index (χ3n) is 7.62. The molecule has 3 aromatic rings. The van der Waals surface area contributed by atoms with E-state index in [0.717, 1.165) is 54.4 Å². The predicted molar refractivity (Wildman–Crippen MR) is 159 cm³/mol. The van der Waals surface area contributed by atoms with E-state index in [1.807, 2.05) is 30.3 Å². The highest BCUT2D eigenvalue weighted by Crippen LogP contribution is 2.34. The first-order chi connectivity index (χ1) is 20.6. The van der Waals surface area contributed by atoms with E-state index in [9.17, 15) is 9.50 Å². The second-order valence-electron chi connectivity index (χ2n) is 10.7. The van der Waals surface area contributed by atoms with Crippen molar-refractivity contribution >= 4 is 5.69 Å². The Morgan fingerprint density at radius 1 is 0.952 bits per heavy atom. The molecule has 2 N–H and O–H groups in total. The van der Waals surface area contributed by atoms with Gasteiger partial charge in [-0.15, -0.1) is 0 Å². The summed E-state index contributed by atoms with van der Waals surface area (Å²) in [5.74, 6) is 1.68. The molecule has 3 unspecified atom stereocenters. The van der Waals surface area contributed by atoms with Crippen molar-refractivity contribution in [3.8, 4) is 17.2 Å². The summed E-state index contributed by atoms with van der Waals surface area (Å²) in [7, 11) is 1.73. The molecule has 2 aliphatic heterocycles. The third kappa shape index (κ3) is 8.13. The number of methoxy groups -OCH3 is 1. The number of β-amino-alcohol motifs (C(OH)–C–C–N with tert-alkyl or cyclic N) is 1. The number of hydrogen-bond acceptors (Lipinski definition) is 8. The van der Waals surface area contributed by atoms with Crippen LogP contribution < -0.4 is 24.4 Å². The maximum absolute atomic E-state index is 13.3. The number of rotatable bonds is 14. The van der Waals surface area contributed by atoms with Gasteiger partial charge in [-0.3, -0.25) is 0 Å². The minimum absolute atomic E-state index is 0.161. The SMILES string of the molecule is COCCCN1CCOc2ccc(COC3CNCC(O)C3c3ccc(OCCCOc4cccc(F)c4)cc3)cc21. The Bertz CT molecular complexity index is 1260. The van der Waals surface area contributed by atoms with Crippen LogP contribution in [0.3, 0.4) is 0 Å². The number of piperidine rings is 1. The Hall–Kier alpha value is -3.37. The van der Waals surface area contributed by atoms with Crippen LogP contribution in [-0.4, -0.2) is 77.0 Å². The van der Waals surface area contributed by atoms with Crippen molar-refractivity contribution in [1.29, 1.82) is 0 Å². The summed E-state index contributed by atoms with van der Waals surface area (Å²) >= 11 is 0. The van der Waals surface area contributed by atoms with Gasteiger partial charge in [0.15, 0.2) is 0 Å². The van der Waals surface area contributed by atoms with Crippen LogP contribution >= 0.6 is 0 Å². The van der Waals surface area contributed by atoms with Gasteiger partial charge in [-0.2, -0.15) is 0 Å². The zero-order valence-electron chi connectivity index (χ0n) is 24.2. The highest BCUT2D eigenvalue weighted by Gasteiger charge is 2.34. The fourth-order valence-corrected chi connectivity index (χ4v) is 5.50. The molecule has 0 saturated carbocycles. The summed E-state index contributed by atoms with van der Waals surface area (Å²) in [5, 5.41) is 14.2. The molecule has 0 amide bonds. The standard InChI is InChI=1S/C33H41FN2O6/c1-38-15-3-13-36-14-18-41-31-12-7-24(19-29(31)36)23-42-32-22-35-21-30(37)33(32)25-8-10-27(11-9-25)39-16-4-17-40-28-6-2-5-26(34)20-28/h2,5-12,19-20,30,32-33,35,37H,3-4,13-18,21-23H2,1H3. The number of ether oxygens (including phenoxy) is 5. The molecule has 0 spiro atoms. The normalized spacial score (nSPS) is 20.1. The van der Waals surface area contributed by atoms with Crippen molar-refractivity contribution in [2.75, 3.05) is 64.6 Å². The van der Waals surface area contributed by atoms with Crippen molar-refractivity contribution in [3.63, 3.8) is 0 Å². The number of nitrogens with zero attached hydrogens (tertiary/aromatic N) is 1. The Balaban J connectivity index is 1.14. The smallest absolute Gasteiger partial charge is 0.142 e. The van der Waals surface area contributed by atoms with Gasteiger partial charge in [-0.25, -0.2) is 4.39 Å². The summed E-state index contributed by atoms with van der Waals surface area (Å²) in [4.78, 5) is 2.34. The summed E-state index contributed by atoms with van der Waals surface area (Å²) in [6.07, 6.45) is 0.869. The lowest BCUT2D eigenvalue weighted by molar-refractivity contribution is -0.0328. The van der Waals surface area contributed by atoms with E-state index in [1.54, 1.807) is 19.2 Å². The first-order valence-electron chi connectivity index (χ1n) is 14.7. The average Bonchev–Trinajstić information content (AvgIpc) is 3.00. The lowest BCUT2D eigenvalue weighted by Crippen LogP contribution is -2.49. The highest BCUT2D eigenvalue weighted by atomic mass is 19.1. The van der Waals surface area contributed by atoms with Gasteiger partial charge >= 0.3 is 0 Å².